The van der Waals surface area contributed by atoms with E-state index in [1.165, 1.54) is 25.7 Å². The van der Waals surface area contributed by atoms with Crippen LogP contribution in [-0.4, -0.2) is 43.2 Å². The van der Waals surface area contributed by atoms with E-state index >= 15 is 0 Å². The highest BCUT2D eigenvalue weighted by molar-refractivity contribution is 6.05. The van der Waals surface area contributed by atoms with Gasteiger partial charge in [-0.1, -0.05) is 25.0 Å². The summed E-state index contributed by atoms with van der Waals surface area (Å²) in [5.74, 6) is 0.697. The molecular formula is C21H26N4O2. The van der Waals surface area contributed by atoms with Crippen LogP contribution in [0.25, 0.3) is 0 Å². The van der Waals surface area contributed by atoms with Gasteiger partial charge in [0.2, 0.25) is 0 Å². The number of rotatable bonds is 5. The summed E-state index contributed by atoms with van der Waals surface area (Å²) in [4.78, 5) is 19.4. The normalized spacial score (nSPS) is 17.7. The van der Waals surface area contributed by atoms with Crippen molar-refractivity contribution in [1.29, 1.82) is 0 Å². The van der Waals surface area contributed by atoms with Crippen LogP contribution in [-0.2, 0) is 4.74 Å². The predicted molar refractivity (Wildman–Crippen MR) is 108 cm³/mol. The number of amides is 1. The lowest BCUT2D eigenvalue weighted by Crippen LogP contribution is -2.36. The van der Waals surface area contributed by atoms with E-state index in [2.05, 4.69) is 20.5 Å². The van der Waals surface area contributed by atoms with Gasteiger partial charge in [-0.2, -0.15) is 0 Å². The predicted octanol–water partition coefficient (Wildman–Crippen LogP) is 3.53. The molecule has 2 heterocycles. The zero-order chi connectivity index (χ0) is 18.5. The summed E-state index contributed by atoms with van der Waals surface area (Å²) in [7, 11) is 0. The van der Waals surface area contributed by atoms with E-state index in [-0.39, 0.29) is 5.91 Å². The molecule has 4 rings (SSSR count). The van der Waals surface area contributed by atoms with Gasteiger partial charge in [0.25, 0.3) is 5.91 Å². The van der Waals surface area contributed by atoms with Crippen molar-refractivity contribution in [3.8, 4) is 0 Å². The second-order valence-electron chi connectivity index (χ2n) is 7.13. The van der Waals surface area contributed by atoms with Crippen LogP contribution < -0.4 is 15.5 Å². The molecule has 1 saturated heterocycles. The SMILES string of the molecule is O=C(Nc1ccccc1N1CCOCC1)c1ccc(NC2CCCC2)nc1. The van der Waals surface area contributed by atoms with E-state index in [9.17, 15) is 4.79 Å². The highest BCUT2D eigenvalue weighted by Crippen LogP contribution is 2.27. The maximum Gasteiger partial charge on any atom is 0.257 e. The van der Waals surface area contributed by atoms with Gasteiger partial charge in [0.05, 0.1) is 30.2 Å². The summed E-state index contributed by atoms with van der Waals surface area (Å²) in [5, 5.41) is 6.48. The number of ether oxygens (including phenoxy) is 1. The van der Waals surface area contributed by atoms with Crippen LogP contribution in [0.2, 0.25) is 0 Å². The summed E-state index contributed by atoms with van der Waals surface area (Å²) < 4.78 is 5.43. The van der Waals surface area contributed by atoms with Crippen molar-refractivity contribution < 1.29 is 9.53 Å². The summed E-state index contributed by atoms with van der Waals surface area (Å²) in [6, 6.07) is 12.1. The summed E-state index contributed by atoms with van der Waals surface area (Å²) in [5.41, 5.74) is 2.41. The van der Waals surface area contributed by atoms with Gasteiger partial charge in [0.1, 0.15) is 5.82 Å². The first-order chi connectivity index (χ1) is 13.3. The van der Waals surface area contributed by atoms with Gasteiger partial charge in [0, 0.05) is 25.3 Å². The summed E-state index contributed by atoms with van der Waals surface area (Å²) in [6.07, 6.45) is 6.59. The number of carbonyl (C=O) groups is 1. The Labute approximate surface area is 159 Å². The smallest absolute Gasteiger partial charge is 0.257 e. The number of anilines is 3. The highest BCUT2D eigenvalue weighted by atomic mass is 16.5. The molecule has 1 amide bonds. The molecule has 2 N–H and O–H groups in total. The van der Waals surface area contributed by atoms with E-state index in [1.54, 1.807) is 6.20 Å². The van der Waals surface area contributed by atoms with Crippen molar-refractivity contribution >= 4 is 23.1 Å². The van der Waals surface area contributed by atoms with Gasteiger partial charge in [-0.3, -0.25) is 4.79 Å². The van der Waals surface area contributed by atoms with Crippen LogP contribution in [0, 0.1) is 0 Å². The number of carbonyl (C=O) groups excluding carboxylic acids is 1. The molecule has 2 fully saturated rings. The fourth-order valence-corrected chi connectivity index (χ4v) is 3.75. The third kappa shape index (κ3) is 4.39. The van der Waals surface area contributed by atoms with E-state index < -0.39 is 0 Å². The number of benzene rings is 1. The minimum Gasteiger partial charge on any atom is -0.378 e. The lowest BCUT2D eigenvalue weighted by molar-refractivity contribution is 0.102. The molecule has 0 atom stereocenters. The molecule has 142 valence electrons. The van der Waals surface area contributed by atoms with Gasteiger partial charge in [-0.15, -0.1) is 0 Å². The second kappa shape index (κ2) is 8.39. The molecule has 0 spiro atoms. The van der Waals surface area contributed by atoms with Crippen molar-refractivity contribution in [2.45, 2.75) is 31.7 Å². The first kappa shape index (κ1) is 17.8. The highest BCUT2D eigenvalue weighted by Gasteiger charge is 2.17. The number of aromatic nitrogens is 1. The molecule has 6 nitrogen and oxygen atoms in total. The van der Waals surface area contributed by atoms with Gasteiger partial charge >= 0.3 is 0 Å². The number of nitrogens with one attached hydrogen (secondary N) is 2. The first-order valence-corrected chi connectivity index (χ1v) is 9.75. The third-order valence-corrected chi connectivity index (χ3v) is 5.24. The first-order valence-electron chi connectivity index (χ1n) is 9.75. The van der Waals surface area contributed by atoms with E-state index in [0.29, 0.717) is 24.8 Å². The number of nitrogens with zero attached hydrogens (tertiary/aromatic N) is 2. The molecule has 1 aliphatic carbocycles. The fourth-order valence-electron chi connectivity index (χ4n) is 3.75. The average Bonchev–Trinajstić information content (AvgIpc) is 3.23. The Morgan fingerprint density at radius 3 is 2.59 bits per heavy atom. The quantitative estimate of drug-likeness (QED) is 0.847. The van der Waals surface area contributed by atoms with Crippen molar-refractivity contribution in [2.75, 3.05) is 41.8 Å². The van der Waals surface area contributed by atoms with E-state index in [0.717, 1.165) is 30.3 Å². The molecule has 1 aliphatic heterocycles. The second-order valence-corrected chi connectivity index (χ2v) is 7.13. The van der Waals surface area contributed by atoms with Crippen molar-refractivity contribution in [3.63, 3.8) is 0 Å². The average molecular weight is 366 g/mol. The lowest BCUT2D eigenvalue weighted by Gasteiger charge is -2.30. The van der Waals surface area contributed by atoms with Crippen molar-refractivity contribution in [2.24, 2.45) is 0 Å². The number of pyridine rings is 1. The van der Waals surface area contributed by atoms with Crippen LogP contribution in [0.4, 0.5) is 17.2 Å². The molecular weight excluding hydrogens is 340 g/mol. The lowest BCUT2D eigenvalue weighted by atomic mass is 10.2. The maximum atomic E-state index is 12.7. The van der Waals surface area contributed by atoms with Crippen molar-refractivity contribution in [3.05, 3.63) is 48.2 Å². The Bertz CT molecular complexity index is 766. The van der Waals surface area contributed by atoms with Crippen LogP contribution in [0.5, 0.6) is 0 Å². The maximum absolute atomic E-state index is 12.7. The summed E-state index contributed by atoms with van der Waals surface area (Å²) >= 11 is 0. The third-order valence-electron chi connectivity index (χ3n) is 5.24. The molecule has 1 aromatic carbocycles. The summed E-state index contributed by atoms with van der Waals surface area (Å²) in [6.45, 7) is 3.08. The van der Waals surface area contributed by atoms with E-state index in [4.69, 9.17) is 4.74 Å². The minimum absolute atomic E-state index is 0.143. The van der Waals surface area contributed by atoms with Crippen LogP contribution in [0.1, 0.15) is 36.0 Å². The largest absolute Gasteiger partial charge is 0.378 e. The Hall–Kier alpha value is -2.60. The molecule has 1 aromatic heterocycles. The molecule has 2 aromatic rings. The van der Waals surface area contributed by atoms with Crippen LogP contribution in [0.15, 0.2) is 42.6 Å². The Morgan fingerprint density at radius 2 is 1.85 bits per heavy atom. The topological polar surface area (TPSA) is 66.5 Å². The Kier molecular flexibility index (Phi) is 5.53. The molecule has 0 radical (unpaired) electrons. The molecule has 0 bridgehead atoms. The van der Waals surface area contributed by atoms with Gasteiger partial charge in [-0.05, 0) is 37.1 Å². The standard InChI is InChI=1S/C21H26N4O2/c26-21(16-9-10-20(22-15-16)23-17-5-1-2-6-17)24-18-7-3-4-8-19(18)25-11-13-27-14-12-25/h3-4,7-10,15,17H,1-2,5-6,11-14H2,(H,22,23)(H,24,26). The van der Waals surface area contributed by atoms with E-state index in [1.807, 2.05) is 36.4 Å². The Morgan fingerprint density at radius 1 is 1.07 bits per heavy atom. The molecule has 0 unspecified atom stereocenters. The monoisotopic (exact) mass is 366 g/mol. The van der Waals surface area contributed by atoms with Gasteiger partial charge in [-0.25, -0.2) is 4.98 Å². The number of hydrogen-bond donors (Lipinski definition) is 2. The van der Waals surface area contributed by atoms with Crippen LogP contribution >= 0.6 is 0 Å². The molecule has 6 heteroatoms. The van der Waals surface area contributed by atoms with Gasteiger partial charge in [0.15, 0.2) is 0 Å². The molecule has 2 aliphatic rings. The molecule has 1 saturated carbocycles. The fraction of sp³-hybridized carbons (Fsp3) is 0.429. The van der Waals surface area contributed by atoms with Crippen molar-refractivity contribution in [1.82, 2.24) is 4.98 Å². The number of para-hydroxylation sites is 2. The molecule has 27 heavy (non-hydrogen) atoms. The zero-order valence-corrected chi connectivity index (χ0v) is 15.5. The van der Waals surface area contributed by atoms with Gasteiger partial charge < -0.3 is 20.3 Å². The minimum atomic E-state index is -0.143. The number of hydrogen-bond acceptors (Lipinski definition) is 5. The van der Waals surface area contributed by atoms with Crippen LogP contribution in [0.3, 0.4) is 0 Å². The zero-order valence-electron chi connectivity index (χ0n) is 15.5. The Balaban J connectivity index is 1.43. The number of morpholine rings is 1.